The topological polar surface area (TPSA) is 134 Å². The maximum atomic E-state index is 14.5. The van der Waals surface area contributed by atoms with E-state index in [0.717, 1.165) is 11.1 Å². The summed E-state index contributed by atoms with van der Waals surface area (Å²) >= 11 is 0. The van der Waals surface area contributed by atoms with Gasteiger partial charge in [-0.25, -0.2) is 11.3 Å². The van der Waals surface area contributed by atoms with Crippen molar-refractivity contribution in [3.8, 4) is 0 Å². The van der Waals surface area contributed by atoms with Gasteiger partial charge in [-0.15, -0.1) is 12.4 Å². The van der Waals surface area contributed by atoms with Crippen LogP contribution < -0.4 is 16.7 Å². The van der Waals surface area contributed by atoms with Gasteiger partial charge < -0.3 is 0 Å². The van der Waals surface area contributed by atoms with Gasteiger partial charge in [-0.05, 0) is 55.4 Å². The summed E-state index contributed by atoms with van der Waals surface area (Å²) in [5.74, 6) is 1.75. The molecule has 0 saturated carbocycles. The molecule has 0 fully saturated rings. The number of allylic oxidation sites excluding steroid dienone is 1. The first-order valence-corrected chi connectivity index (χ1v) is 12.3. The molecule has 37 heavy (non-hydrogen) atoms. The van der Waals surface area contributed by atoms with Gasteiger partial charge in [0.05, 0.1) is 17.5 Å². The van der Waals surface area contributed by atoms with Crippen molar-refractivity contribution in [2.75, 3.05) is 0 Å². The van der Waals surface area contributed by atoms with E-state index in [1.165, 1.54) is 0 Å². The molecule has 1 unspecified atom stereocenters. The molecule has 1 aromatic heterocycles. The summed E-state index contributed by atoms with van der Waals surface area (Å²) in [6.07, 6.45) is 6.44. The summed E-state index contributed by atoms with van der Waals surface area (Å²) < 4.78 is 0. The number of ketones is 1. The Labute approximate surface area is 225 Å². The number of nitrogens with two attached hydrogens (primary N) is 1. The Kier molecular flexibility index (Phi) is 13.2. The fraction of sp³-hybridized carbons (Fsp3) is 0.429. The van der Waals surface area contributed by atoms with Crippen LogP contribution in [0.4, 0.5) is 0 Å². The standard InChI is InChI=1S/C28H38N4O4.ClH/c1-5-15-28(18-19(2)3,27(35)31-29)25(33)24(23-17-20(4)14-16-30-23)22(26(34)32-36)13-9-12-21-10-7-6-8-11-21;/h6-12,14,16-17,19,22,24,36H,5,13,15,18,29H2,1-4H3,(H,31,35)(H,32,34);1H/t22-,24+,28?;/m0./s1. The lowest BCUT2D eigenvalue weighted by molar-refractivity contribution is -0.148. The third-order valence-electron chi connectivity index (χ3n) is 6.36. The summed E-state index contributed by atoms with van der Waals surface area (Å²) in [5.41, 5.74) is 4.62. The monoisotopic (exact) mass is 530 g/mol. The highest BCUT2D eigenvalue weighted by Crippen LogP contribution is 2.42. The Morgan fingerprint density at radius 2 is 1.84 bits per heavy atom. The summed E-state index contributed by atoms with van der Waals surface area (Å²) in [6, 6.07) is 13.1. The SMILES string of the molecule is CCCC(CC(C)C)(C(=O)NN)C(=O)[C@@H](c1cc(C)ccn1)[C@H](CC=Cc1ccccc1)C(=O)NO.Cl. The zero-order valence-electron chi connectivity index (χ0n) is 21.9. The second kappa shape index (κ2) is 15.2. The summed E-state index contributed by atoms with van der Waals surface area (Å²) in [6.45, 7) is 7.62. The Balaban J connectivity index is 0.00000684. The van der Waals surface area contributed by atoms with Crippen molar-refractivity contribution in [3.05, 3.63) is 71.6 Å². The van der Waals surface area contributed by atoms with Crippen LogP contribution in [0.15, 0.2) is 54.7 Å². The predicted octanol–water partition coefficient (Wildman–Crippen LogP) is 4.51. The number of Topliss-reactive ketones (excluding diaryl/α,β-unsaturated/α-hetero) is 1. The van der Waals surface area contributed by atoms with E-state index in [9.17, 15) is 19.6 Å². The molecule has 0 aliphatic rings. The molecule has 0 aliphatic heterocycles. The van der Waals surface area contributed by atoms with Gasteiger partial charge in [-0.2, -0.15) is 0 Å². The molecule has 0 saturated heterocycles. The fourth-order valence-corrected chi connectivity index (χ4v) is 4.85. The number of nitrogens with zero attached hydrogens (tertiary/aromatic N) is 1. The van der Waals surface area contributed by atoms with Gasteiger partial charge in [0.15, 0.2) is 5.78 Å². The molecule has 0 aliphatic carbocycles. The number of hydrazine groups is 1. The molecule has 202 valence electrons. The number of hydroxylamine groups is 1. The quantitative estimate of drug-likeness (QED) is 0.0989. The fourth-order valence-electron chi connectivity index (χ4n) is 4.85. The van der Waals surface area contributed by atoms with Crippen LogP contribution in [0.5, 0.6) is 0 Å². The Morgan fingerprint density at radius 1 is 1.16 bits per heavy atom. The summed E-state index contributed by atoms with van der Waals surface area (Å²) in [4.78, 5) is 45.1. The van der Waals surface area contributed by atoms with Crippen molar-refractivity contribution in [1.29, 1.82) is 0 Å². The number of aromatic nitrogens is 1. The number of hydrogen-bond acceptors (Lipinski definition) is 6. The van der Waals surface area contributed by atoms with E-state index >= 15 is 0 Å². The lowest BCUT2D eigenvalue weighted by Gasteiger charge is -2.36. The largest absolute Gasteiger partial charge is 0.298 e. The number of carbonyl (C=O) groups excluding carboxylic acids is 3. The van der Waals surface area contributed by atoms with Crippen molar-refractivity contribution >= 4 is 36.1 Å². The lowest BCUT2D eigenvalue weighted by Crippen LogP contribution is -2.53. The van der Waals surface area contributed by atoms with Gasteiger partial charge in [0.1, 0.15) is 5.41 Å². The minimum absolute atomic E-state index is 0. The van der Waals surface area contributed by atoms with Crippen LogP contribution in [0.2, 0.25) is 0 Å². The van der Waals surface area contributed by atoms with Crippen LogP contribution in [-0.2, 0) is 14.4 Å². The number of pyridine rings is 1. The first-order valence-electron chi connectivity index (χ1n) is 12.3. The molecule has 0 spiro atoms. The van der Waals surface area contributed by atoms with Crippen molar-refractivity contribution in [2.24, 2.45) is 23.1 Å². The van der Waals surface area contributed by atoms with E-state index in [-0.39, 0.29) is 37.6 Å². The van der Waals surface area contributed by atoms with Crippen LogP contribution in [0, 0.1) is 24.2 Å². The van der Waals surface area contributed by atoms with Gasteiger partial charge in [-0.3, -0.25) is 30.0 Å². The molecule has 2 amide bonds. The van der Waals surface area contributed by atoms with E-state index in [1.54, 1.807) is 29.9 Å². The van der Waals surface area contributed by atoms with Crippen LogP contribution >= 0.6 is 12.4 Å². The zero-order valence-corrected chi connectivity index (χ0v) is 22.8. The van der Waals surface area contributed by atoms with Crippen LogP contribution in [-0.4, -0.2) is 27.8 Å². The third kappa shape index (κ3) is 8.21. The van der Waals surface area contributed by atoms with E-state index in [2.05, 4.69) is 10.4 Å². The highest BCUT2D eigenvalue weighted by atomic mass is 35.5. The normalized spacial score (nSPS) is 14.4. The second-order valence-electron chi connectivity index (χ2n) is 9.63. The molecular formula is C28H39ClN4O4. The van der Waals surface area contributed by atoms with Crippen molar-refractivity contribution in [3.63, 3.8) is 0 Å². The number of carbonyl (C=O) groups is 3. The molecule has 2 aromatic rings. The molecule has 0 radical (unpaired) electrons. The van der Waals surface area contributed by atoms with E-state index < -0.39 is 34.8 Å². The van der Waals surface area contributed by atoms with Crippen molar-refractivity contribution in [2.45, 2.75) is 59.3 Å². The highest BCUT2D eigenvalue weighted by Gasteiger charge is 2.51. The molecular weight excluding hydrogens is 492 g/mol. The second-order valence-corrected chi connectivity index (χ2v) is 9.63. The van der Waals surface area contributed by atoms with E-state index in [0.29, 0.717) is 12.1 Å². The van der Waals surface area contributed by atoms with Gasteiger partial charge >= 0.3 is 0 Å². The molecule has 9 heteroatoms. The van der Waals surface area contributed by atoms with Crippen LogP contribution in [0.3, 0.4) is 0 Å². The smallest absolute Gasteiger partial charge is 0.247 e. The number of halogens is 1. The minimum Gasteiger partial charge on any atom is -0.298 e. The van der Waals surface area contributed by atoms with E-state index in [4.69, 9.17) is 5.84 Å². The van der Waals surface area contributed by atoms with Crippen LogP contribution in [0.25, 0.3) is 6.08 Å². The Morgan fingerprint density at radius 3 is 2.38 bits per heavy atom. The molecule has 5 N–H and O–H groups in total. The third-order valence-corrected chi connectivity index (χ3v) is 6.36. The Hall–Kier alpha value is -3.07. The molecule has 1 aromatic carbocycles. The molecule has 3 atom stereocenters. The number of benzene rings is 1. The summed E-state index contributed by atoms with van der Waals surface area (Å²) in [5, 5.41) is 9.61. The Bertz CT molecular complexity index is 1060. The number of rotatable bonds is 13. The number of hydrogen-bond donors (Lipinski definition) is 4. The average molecular weight is 531 g/mol. The lowest BCUT2D eigenvalue weighted by atomic mass is 9.65. The maximum Gasteiger partial charge on any atom is 0.247 e. The minimum atomic E-state index is -1.45. The average Bonchev–Trinajstić information content (AvgIpc) is 2.87. The van der Waals surface area contributed by atoms with Crippen molar-refractivity contribution < 1.29 is 19.6 Å². The maximum absolute atomic E-state index is 14.5. The van der Waals surface area contributed by atoms with Crippen molar-refractivity contribution in [1.82, 2.24) is 15.9 Å². The van der Waals surface area contributed by atoms with Gasteiger partial charge in [0.25, 0.3) is 0 Å². The highest BCUT2D eigenvalue weighted by molar-refractivity contribution is 6.09. The molecule has 1 heterocycles. The van der Waals surface area contributed by atoms with E-state index in [1.807, 2.05) is 64.1 Å². The first kappa shape index (κ1) is 32.0. The zero-order chi connectivity index (χ0) is 26.7. The molecule has 2 rings (SSSR count). The number of nitrogens with one attached hydrogen (secondary N) is 2. The number of aryl methyl sites for hydroxylation is 1. The number of amides is 2. The first-order chi connectivity index (χ1) is 17.2. The van der Waals surface area contributed by atoms with Gasteiger partial charge in [0, 0.05) is 6.20 Å². The molecule has 0 bridgehead atoms. The predicted molar refractivity (Wildman–Crippen MR) is 147 cm³/mol. The molecule has 8 nitrogen and oxygen atoms in total. The van der Waals surface area contributed by atoms with Crippen LogP contribution in [0.1, 0.15) is 69.2 Å². The van der Waals surface area contributed by atoms with Gasteiger partial charge in [0.2, 0.25) is 11.8 Å². The van der Waals surface area contributed by atoms with Gasteiger partial charge in [-0.1, -0.05) is 69.7 Å². The summed E-state index contributed by atoms with van der Waals surface area (Å²) in [7, 11) is 0.